The molecule has 106 valence electrons. The zero-order chi connectivity index (χ0) is 14.0. The van der Waals surface area contributed by atoms with Gasteiger partial charge in [-0.3, -0.25) is 0 Å². The Labute approximate surface area is 113 Å². The lowest BCUT2D eigenvalue weighted by molar-refractivity contribution is 0.0856. The summed E-state index contributed by atoms with van der Waals surface area (Å²) in [6, 6.07) is 3.55. The molecule has 0 saturated carbocycles. The molecule has 1 heterocycles. The Morgan fingerprint density at radius 1 is 1.32 bits per heavy atom. The Kier molecular flexibility index (Phi) is 4.21. The van der Waals surface area contributed by atoms with Crippen LogP contribution in [0.3, 0.4) is 0 Å². The van der Waals surface area contributed by atoms with Crippen LogP contribution in [0.4, 0.5) is 8.78 Å². The highest BCUT2D eigenvalue weighted by Gasteiger charge is 2.32. The van der Waals surface area contributed by atoms with Crippen LogP contribution in [-0.4, -0.2) is 18.7 Å². The average Bonchev–Trinajstić information content (AvgIpc) is 2.77. The molecule has 0 bridgehead atoms. The molecule has 1 aromatic carbocycles. The second-order valence-corrected chi connectivity index (χ2v) is 6.14. The summed E-state index contributed by atoms with van der Waals surface area (Å²) in [5, 5.41) is 3.40. The first kappa shape index (κ1) is 14.4. The molecular formula is C15H21F2NO. The van der Waals surface area contributed by atoms with E-state index in [1.165, 1.54) is 12.1 Å². The summed E-state index contributed by atoms with van der Waals surface area (Å²) < 4.78 is 32.7. The van der Waals surface area contributed by atoms with E-state index in [-0.39, 0.29) is 17.6 Å². The van der Waals surface area contributed by atoms with Crippen molar-refractivity contribution < 1.29 is 13.5 Å². The minimum atomic E-state index is -0.422. The average molecular weight is 269 g/mol. The number of nitrogens with one attached hydrogen (secondary N) is 1. The van der Waals surface area contributed by atoms with Gasteiger partial charge in [-0.05, 0) is 45.4 Å². The summed E-state index contributed by atoms with van der Waals surface area (Å²) in [5.74, 6) is -0.640. The first-order valence-electron chi connectivity index (χ1n) is 6.68. The monoisotopic (exact) mass is 269 g/mol. The molecule has 0 aliphatic carbocycles. The minimum Gasteiger partial charge on any atom is -0.373 e. The van der Waals surface area contributed by atoms with E-state index in [1.54, 1.807) is 0 Å². The maximum absolute atomic E-state index is 13.8. The maximum Gasteiger partial charge on any atom is 0.129 e. The Balaban J connectivity index is 2.12. The summed E-state index contributed by atoms with van der Waals surface area (Å²) >= 11 is 0. The zero-order valence-electron chi connectivity index (χ0n) is 11.7. The summed E-state index contributed by atoms with van der Waals surface area (Å²) in [7, 11) is 0. The van der Waals surface area contributed by atoms with Gasteiger partial charge in [-0.25, -0.2) is 8.78 Å². The lowest BCUT2D eigenvalue weighted by Gasteiger charge is -2.26. The Morgan fingerprint density at radius 3 is 2.74 bits per heavy atom. The standard InChI is InChI=1S/C15H21F2NO/c1-15(2,3)18-9-10-6-7-19-14(10)12-8-11(16)4-5-13(12)17/h4-5,8,10,14,18H,6-7,9H2,1-3H3. The van der Waals surface area contributed by atoms with Crippen LogP contribution in [0.5, 0.6) is 0 Å². The molecule has 1 aliphatic rings. The van der Waals surface area contributed by atoms with Crippen LogP contribution in [0.25, 0.3) is 0 Å². The molecule has 0 spiro atoms. The molecule has 2 nitrogen and oxygen atoms in total. The zero-order valence-corrected chi connectivity index (χ0v) is 11.7. The maximum atomic E-state index is 13.8. The van der Waals surface area contributed by atoms with Crippen LogP contribution in [0.1, 0.15) is 38.9 Å². The summed E-state index contributed by atoms with van der Waals surface area (Å²) in [4.78, 5) is 0. The van der Waals surface area contributed by atoms with Crippen molar-refractivity contribution in [1.29, 1.82) is 0 Å². The molecule has 4 heteroatoms. The van der Waals surface area contributed by atoms with Gasteiger partial charge in [0.15, 0.2) is 0 Å². The van der Waals surface area contributed by atoms with Gasteiger partial charge in [0.1, 0.15) is 11.6 Å². The van der Waals surface area contributed by atoms with E-state index < -0.39 is 11.6 Å². The largest absolute Gasteiger partial charge is 0.373 e. The Hall–Kier alpha value is -1.00. The number of hydrogen-bond acceptors (Lipinski definition) is 2. The van der Waals surface area contributed by atoms with Crippen molar-refractivity contribution in [2.45, 2.75) is 38.8 Å². The van der Waals surface area contributed by atoms with Crippen LogP contribution in [0.15, 0.2) is 18.2 Å². The van der Waals surface area contributed by atoms with Crippen LogP contribution in [0, 0.1) is 17.6 Å². The molecule has 1 N–H and O–H groups in total. The van der Waals surface area contributed by atoms with Crippen molar-refractivity contribution in [2.75, 3.05) is 13.2 Å². The van der Waals surface area contributed by atoms with Gasteiger partial charge in [-0.1, -0.05) is 0 Å². The lowest BCUT2D eigenvalue weighted by atomic mass is 9.94. The second-order valence-electron chi connectivity index (χ2n) is 6.14. The molecule has 1 aliphatic heterocycles. The Morgan fingerprint density at radius 2 is 2.05 bits per heavy atom. The summed E-state index contributed by atoms with van der Waals surface area (Å²) in [6.07, 6.45) is 0.509. The van der Waals surface area contributed by atoms with E-state index >= 15 is 0 Å². The molecule has 19 heavy (non-hydrogen) atoms. The molecule has 2 rings (SSSR count). The van der Waals surface area contributed by atoms with Gasteiger partial charge in [-0.15, -0.1) is 0 Å². The predicted octanol–water partition coefficient (Wildman–Crippen LogP) is 3.43. The van der Waals surface area contributed by atoms with E-state index in [9.17, 15) is 8.78 Å². The van der Waals surface area contributed by atoms with E-state index in [0.717, 1.165) is 19.0 Å². The fourth-order valence-electron chi connectivity index (χ4n) is 2.36. The molecule has 1 fully saturated rings. The van der Waals surface area contributed by atoms with Crippen molar-refractivity contribution in [2.24, 2.45) is 5.92 Å². The SMILES string of the molecule is CC(C)(C)NCC1CCOC1c1cc(F)ccc1F. The van der Waals surface area contributed by atoms with E-state index in [1.807, 2.05) is 0 Å². The summed E-state index contributed by atoms with van der Waals surface area (Å²) in [6.45, 7) is 7.59. The fraction of sp³-hybridized carbons (Fsp3) is 0.600. The van der Waals surface area contributed by atoms with E-state index in [2.05, 4.69) is 26.1 Å². The van der Waals surface area contributed by atoms with Gasteiger partial charge in [-0.2, -0.15) is 0 Å². The second kappa shape index (κ2) is 5.55. The fourth-order valence-corrected chi connectivity index (χ4v) is 2.36. The predicted molar refractivity (Wildman–Crippen MR) is 70.9 cm³/mol. The van der Waals surface area contributed by atoms with Crippen LogP contribution in [0.2, 0.25) is 0 Å². The number of hydrogen-bond donors (Lipinski definition) is 1. The molecule has 0 radical (unpaired) electrons. The van der Waals surface area contributed by atoms with Gasteiger partial charge in [0.05, 0.1) is 6.10 Å². The highest BCUT2D eigenvalue weighted by atomic mass is 19.1. The normalized spacial score (nSPS) is 23.8. The minimum absolute atomic E-state index is 0.00756. The third-order valence-electron chi connectivity index (χ3n) is 3.37. The van der Waals surface area contributed by atoms with Crippen LogP contribution >= 0.6 is 0 Å². The smallest absolute Gasteiger partial charge is 0.129 e. The van der Waals surface area contributed by atoms with Crippen molar-refractivity contribution >= 4 is 0 Å². The number of benzene rings is 1. The molecule has 1 aromatic rings. The van der Waals surface area contributed by atoms with Gasteiger partial charge in [0.2, 0.25) is 0 Å². The first-order chi connectivity index (χ1) is 8.87. The Bertz CT molecular complexity index is 442. The van der Waals surface area contributed by atoms with Crippen molar-refractivity contribution in [3.05, 3.63) is 35.4 Å². The van der Waals surface area contributed by atoms with E-state index in [0.29, 0.717) is 12.2 Å². The first-order valence-corrected chi connectivity index (χ1v) is 6.68. The molecule has 0 aromatic heterocycles. The highest BCUT2D eigenvalue weighted by Crippen LogP contribution is 2.35. The highest BCUT2D eigenvalue weighted by molar-refractivity contribution is 5.22. The van der Waals surface area contributed by atoms with E-state index in [4.69, 9.17) is 4.74 Å². The third kappa shape index (κ3) is 3.74. The van der Waals surface area contributed by atoms with Gasteiger partial charge in [0.25, 0.3) is 0 Å². The molecule has 1 saturated heterocycles. The van der Waals surface area contributed by atoms with Gasteiger partial charge in [0, 0.05) is 30.2 Å². The lowest BCUT2D eigenvalue weighted by Crippen LogP contribution is -2.39. The van der Waals surface area contributed by atoms with Crippen molar-refractivity contribution in [1.82, 2.24) is 5.32 Å². The molecule has 0 amide bonds. The van der Waals surface area contributed by atoms with Crippen LogP contribution in [-0.2, 0) is 4.74 Å². The summed E-state index contributed by atoms with van der Waals surface area (Å²) in [5.41, 5.74) is 0.339. The molecule has 2 unspecified atom stereocenters. The molecular weight excluding hydrogens is 248 g/mol. The van der Waals surface area contributed by atoms with Gasteiger partial charge >= 0.3 is 0 Å². The van der Waals surface area contributed by atoms with Gasteiger partial charge < -0.3 is 10.1 Å². The van der Waals surface area contributed by atoms with Crippen molar-refractivity contribution in [3.8, 4) is 0 Å². The molecule has 2 atom stereocenters. The number of ether oxygens (including phenoxy) is 1. The van der Waals surface area contributed by atoms with Crippen LogP contribution < -0.4 is 5.32 Å². The number of halogens is 2. The van der Waals surface area contributed by atoms with Crippen molar-refractivity contribution in [3.63, 3.8) is 0 Å². The number of rotatable bonds is 3. The quantitative estimate of drug-likeness (QED) is 0.907. The topological polar surface area (TPSA) is 21.3 Å². The third-order valence-corrected chi connectivity index (χ3v) is 3.37.